The fraction of sp³-hybridized carbons (Fsp3) is 0.621. The number of carbonyl (C=O) groups excluding carboxylic acids is 5. The molecule has 2 rings (SSSR count). The second kappa shape index (κ2) is 12.9. The predicted molar refractivity (Wildman–Crippen MR) is 133 cm³/mol. The van der Waals surface area contributed by atoms with Gasteiger partial charge in [-0.25, -0.2) is 0 Å². The largest absolute Gasteiger partial charge is 0.300 e. The lowest BCUT2D eigenvalue weighted by molar-refractivity contribution is -0.128. The predicted octanol–water partition coefficient (Wildman–Crippen LogP) is 5.60. The fourth-order valence-corrected chi connectivity index (χ4v) is 5.56. The quantitative estimate of drug-likeness (QED) is 0.332. The standard InChI is InChI=1S/C29H40O5/c1-6-21(7-2)24(16-26(32)11-18(4)30)13-20-12-23-10-9-22(15-27(33)17-25(31)8-3)19(5)29(23)28(34)14-20/h9-10,20-21,24H,6-8,11-17H2,1-5H3. The molecule has 0 saturated heterocycles. The molecular formula is C29H40O5. The van der Waals surface area contributed by atoms with Gasteiger partial charge in [0.05, 0.1) is 12.8 Å². The molecule has 0 radical (unpaired) electrons. The van der Waals surface area contributed by atoms with Gasteiger partial charge >= 0.3 is 0 Å². The number of benzene rings is 1. The monoisotopic (exact) mass is 468 g/mol. The molecule has 1 aromatic rings. The van der Waals surface area contributed by atoms with E-state index in [4.69, 9.17) is 0 Å². The molecule has 1 aliphatic carbocycles. The number of hydrogen-bond acceptors (Lipinski definition) is 5. The molecule has 5 heteroatoms. The molecule has 5 nitrogen and oxygen atoms in total. The zero-order chi connectivity index (χ0) is 25.4. The maximum absolute atomic E-state index is 13.2. The lowest BCUT2D eigenvalue weighted by atomic mass is 9.72. The molecule has 2 unspecified atom stereocenters. The third kappa shape index (κ3) is 7.54. The minimum atomic E-state index is -0.112. The summed E-state index contributed by atoms with van der Waals surface area (Å²) in [6.45, 7) is 9.37. The molecule has 0 bridgehead atoms. The first-order chi connectivity index (χ1) is 16.1. The highest BCUT2D eigenvalue weighted by atomic mass is 16.2. The molecule has 1 aromatic carbocycles. The highest BCUT2D eigenvalue weighted by Gasteiger charge is 2.32. The first-order valence-corrected chi connectivity index (χ1v) is 12.8. The zero-order valence-electron chi connectivity index (χ0n) is 21.5. The van der Waals surface area contributed by atoms with Crippen molar-refractivity contribution < 1.29 is 24.0 Å². The molecule has 0 spiro atoms. The van der Waals surface area contributed by atoms with Crippen LogP contribution in [0.4, 0.5) is 0 Å². The Balaban J connectivity index is 2.18. The zero-order valence-corrected chi connectivity index (χ0v) is 21.5. The van der Waals surface area contributed by atoms with Crippen LogP contribution in [-0.4, -0.2) is 28.9 Å². The Morgan fingerprint density at radius 1 is 0.912 bits per heavy atom. The average molecular weight is 469 g/mol. The lowest BCUT2D eigenvalue weighted by Gasteiger charge is -2.32. The van der Waals surface area contributed by atoms with Crippen LogP contribution in [0, 0.1) is 24.7 Å². The van der Waals surface area contributed by atoms with Gasteiger partial charge in [-0.1, -0.05) is 45.7 Å². The number of ketones is 5. The molecule has 0 heterocycles. The normalized spacial score (nSPS) is 16.3. The Bertz CT molecular complexity index is 938. The third-order valence-electron chi connectivity index (χ3n) is 7.39. The SMILES string of the molecule is CCC(=O)CC(=O)Cc1ccc2c(c1C)C(=O)CC(CC(CC(=O)CC(C)=O)C(CC)CC)C2. The van der Waals surface area contributed by atoms with Crippen molar-refractivity contribution >= 4 is 28.9 Å². The molecule has 0 amide bonds. The van der Waals surface area contributed by atoms with Gasteiger partial charge in [0.25, 0.3) is 0 Å². The summed E-state index contributed by atoms with van der Waals surface area (Å²) in [5.41, 5.74) is 3.42. The Labute approximate surface area is 204 Å². The van der Waals surface area contributed by atoms with Crippen LogP contribution in [0.2, 0.25) is 0 Å². The van der Waals surface area contributed by atoms with Crippen molar-refractivity contribution in [3.05, 3.63) is 34.4 Å². The number of carbonyl (C=O) groups is 5. The second-order valence-corrected chi connectivity index (χ2v) is 10.1. The Morgan fingerprint density at radius 3 is 2.18 bits per heavy atom. The van der Waals surface area contributed by atoms with Crippen LogP contribution in [-0.2, 0) is 32.0 Å². The van der Waals surface area contributed by atoms with Gasteiger partial charge in [-0.2, -0.15) is 0 Å². The highest BCUT2D eigenvalue weighted by molar-refractivity contribution is 6.02. The smallest absolute Gasteiger partial charge is 0.163 e. The Kier molecular flexibility index (Phi) is 10.5. The molecular weight excluding hydrogens is 428 g/mol. The minimum absolute atomic E-state index is 0.00126. The topological polar surface area (TPSA) is 85.3 Å². The van der Waals surface area contributed by atoms with Crippen molar-refractivity contribution in [3.8, 4) is 0 Å². The van der Waals surface area contributed by atoms with Crippen LogP contribution in [0.1, 0.15) is 106 Å². The van der Waals surface area contributed by atoms with E-state index in [2.05, 4.69) is 13.8 Å². The van der Waals surface area contributed by atoms with E-state index < -0.39 is 0 Å². The summed E-state index contributed by atoms with van der Waals surface area (Å²) in [5, 5.41) is 0. The van der Waals surface area contributed by atoms with Crippen LogP contribution in [0.3, 0.4) is 0 Å². The molecule has 34 heavy (non-hydrogen) atoms. The van der Waals surface area contributed by atoms with Gasteiger partial charge in [0.15, 0.2) is 5.78 Å². The first kappa shape index (κ1) is 27.8. The van der Waals surface area contributed by atoms with E-state index >= 15 is 0 Å². The van der Waals surface area contributed by atoms with Crippen LogP contribution in [0.25, 0.3) is 0 Å². The summed E-state index contributed by atoms with van der Waals surface area (Å²) in [7, 11) is 0. The minimum Gasteiger partial charge on any atom is -0.300 e. The summed E-state index contributed by atoms with van der Waals surface area (Å²) >= 11 is 0. The highest BCUT2D eigenvalue weighted by Crippen LogP contribution is 2.37. The van der Waals surface area contributed by atoms with Crippen LogP contribution in [0.5, 0.6) is 0 Å². The molecule has 0 aromatic heterocycles. The van der Waals surface area contributed by atoms with Gasteiger partial charge in [-0.15, -0.1) is 0 Å². The van der Waals surface area contributed by atoms with Crippen LogP contribution < -0.4 is 0 Å². The van der Waals surface area contributed by atoms with E-state index in [9.17, 15) is 24.0 Å². The molecule has 0 saturated carbocycles. The van der Waals surface area contributed by atoms with Crippen LogP contribution in [0.15, 0.2) is 12.1 Å². The van der Waals surface area contributed by atoms with Crippen molar-refractivity contribution in [2.75, 3.05) is 0 Å². The van der Waals surface area contributed by atoms with E-state index in [1.165, 1.54) is 6.92 Å². The van der Waals surface area contributed by atoms with Gasteiger partial charge in [-0.05, 0) is 61.1 Å². The maximum atomic E-state index is 13.2. The summed E-state index contributed by atoms with van der Waals surface area (Å²) in [6.07, 6.45) is 4.85. The number of rotatable bonds is 14. The van der Waals surface area contributed by atoms with Gasteiger partial charge in [0.1, 0.15) is 23.1 Å². The first-order valence-electron chi connectivity index (χ1n) is 12.8. The summed E-state index contributed by atoms with van der Waals surface area (Å²) in [6, 6.07) is 3.89. The van der Waals surface area contributed by atoms with Crippen LogP contribution >= 0.6 is 0 Å². The van der Waals surface area contributed by atoms with Crippen molar-refractivity contribution in [3.63, 3.8) is 0 Å². The van der Waals surface area contributed by atoms with Crippen molar-refractivity contribution in [1.29, 1.82) is 0 Å². The molecule has 0 N–H and O–H groups in total. The molecule has 1 aliphatic rings. The van der Waals surface area contributed by atoms with E-state index in [0.29, 0.717) is 25.2 Å². The van der Waals surface area contributed by atoms with Gasteiger partial charge < -0.3 is 0 Å². The van der Waals surface area contributed by atoms with Crippen molar-refractivity contribution in [2.45, 2.75) is 98.8 Å². The van der Waals surface area contributed by atoms with E-state index in [1.807, 2.05) is 19.1 Å². The van der Waals surface area contributed by atoms with Crippen molar-refractivity contribution in [1.82, 2.24) is 0 Å². The molecule has 0 fully saturated rings. The summed E-state index contributed by atoms with van der Waals surface area (Å²) in [4.78, 5) is 60.9. The lowest BCUT2D eigenvalue weighted by Crippen LogP contribution is -2.27. The van der Waals surface area contributed by atoms with Gasteiger partial charge in [0, 0.05) is 31.2 Å². The number of Topliss-reactive ketones (excluding diaryl/α,β-unsaturated/α-hetero) is 5. The summed E-state index contributed by atoms with van der Waals surface area (Å²) < 4.78 is 0. The van der Waals surface area contributed by atoms with E-state index in [1.54, 1.807) is 6.92 Å². The van der Waals surface area contributed by atoms with E-state index in [0.717, 1.165) is 47.9 Å². The maximum Gasteiger partial charge on any atom is 0.163 e. The van der Waals surface area contributed by atoms with Crippen molar-refractivity contribution in [2.24, 2.45) is 17.8 Å². The Hall–Kier alpha value is -2.43. The molecule has 0 aliphatic heterocycles. The molecule has 186 valence electrons. The molecule has 2 atom stereocenters. The average Bonchev–Trinajstić information content (AvgIpc) is 2.75. The van der Waals surface area contributed by atoms with Gasteiger partial charge in [0.2, 0.25) is 0 Å². The number of hydrogen-bond donors (Lipinski definition) is 0. The fourth-order valence-electron chi connectivity index (χ4n) is 5.56. The Morgan fingerprint density at radius 2 is 1.59 bits per heavy atom. The second-order valence-electron chi connectivity index (χ2n) is 10.1. The summed E-state index contributed by atoms with van der Waals surface area (Å²) in [5.74, 6) is 0.569. The number of fused-ring (bicyclic) bond motifs is 1. The van der Waals surface area contributed by atoms with Gasteiger partial charge in [-0.3, -0.25) is 24.0 Å². The third-order valence-corrected chi connectivity index (χ3v) is 7.39. The van der Waals surface area contributed by atoms with E-state index in [-0.39, 0.29) is 60.0 Å².